The second-order valence-corrected chi connectivity index (χ2v) is 7.75. The fourth-order valence-electron chi connectivity index (χ4n) is 3.08. The molecule has 0 spiro atoms. The topological polar surface area (TPSA) is 74.7 Å². The highest BCUT2D eigenvalue weighted by molar-refractivity contribution is 6.36. The third-order valence-corrected chi connectivity index (χ3v) is 5.46. The second-order valence-electron chi connectivity index (χ2n) is 6.94. The van der Waals surface area contributed by atoms with Crippen LogP contribution in [0.25, 0.3) is 0 Å². The van der Waals surface area contributed by atoms with Gasteiger partial charge in [-0.2, -0.15) is 0 Å². The molecule has 0 amide bonds. The van der Waals surface area contributed by atoms with Crippen molar-refractivity contribution in [1.82, 2.24) is 4.98 Å². The molecule has 0 bridgehead atoms. The fraction of sp³-hybridized carbons (Fsp3) is 0.208. The van der Waals surface area contributed by atoms with Gasteiger partial charge in [-0.3, -0.25) is 14.6 Å². The summed E-state index contributed by atoms with van der Waals surface area (Å²) in [5.41, 5.74) is 2.20. The molecule has 6 nitrogen and oxygen atoms in total. The van der Waals surface area contributed by atoms with E-state index in [9.17, 15) is 9.59 Å². The van der Waals surface area contributed by atoms with Gasteiger partial charge in [-0.1, -0.05) is 53.0 Å². The van der Waals surface area contributed by atoms with Gasteiger partial charge in [0.2, 0.25) is 5.75 Å². The third-order valence-electron chi connectivity index (χ3n) is 4.81. The number of methoxy groups -OCH3 is 2. The minimum absolute atomic E-state index is 0.0854. The average molecular weight is 474 g/mol. The van der Waals surface area contributed by atoms with E-state index in [1.807, 2.05) is 19.1 Å². The number of pyridine rings is 1. The summed E-state index contributed by atoms with van der Waals surface area (Å²) in [6.07, 6.45) is 2.75. The summed E-state index contributed by atoms with van der Waals surface area (Å²) >= 11 is 12.3. The summed E-state index contributed by atoms with van der Waals surface area (Å²) in [5, 5.41) is 0.562. The van der Waals surface area contributed by atoms with Crippen molar-refractivity contribution in [2.45, 2.75) is 13.3 Å². The van der Waals surface area contributed by atoms with Gasteiger partial charge in [-0.15, -0.1) is 0 Å². The molecule has 32 heavy (non-hydrogen) atoms. The van der Waals surface area contributed by atoms with Crippen LogP contribution in [0, 0.1) is 6.92 Å². The highest BCUT2D eigenvalue weighted by Gasteiger charge is 2.24. The molecule has 0 fully saturated rings. The number of carbonyl (C=O) groups excluding carboxylic acids is 2. The Balaban J connectivity index is 1.93. The highest BCUT2D eigenvalue weighted by Crippen LogP contribution is 2.41. The summed E-state index contributed by atoms with van der Waals surface area (Å²) in [7, 11) is 2.90. The lowest BCUT2D eigenvalue weighted by Crippen LogP contribution is -2.15. The third kappa shape index (κ3) is 5.21. The molecule has 0 aliphatic heterocycles. The molecule has 0 atom stereocenters. The zero-order valence-electron chi connectivity index (χ0n) is 17.8. The van der Waals surface area contributed by atoms with Crippen LogP contribution in [0.2, 0.25) is 10.0 Å². The number of nitrogens with zero attached hydrogens (tertiary/aromatic N) is 1. The minimum Gasteiger partial charge on any atom is -0.493 e. The molecule has 8 heteroatoms. The Bertz CT molecular complexity index is 1130. The zero-order valence-corrected chi connectivity index (χ0v) is 19.3. The normalized spacial score (nSPS) is 10.5. The van der Waals surface area contributed by atoms with Crippen molar-refractivity contribution >= 4 is 34.8 Å². The van der Waals surface area contributed by atoms with Crippen LogP contribution in [0.3, 0.4) is 0 Å². The lowest BCUT2D eigenvalue weighted by atomic mass is 10.0. The maximum atomic E-state index is 13.2. The van der Waals surface area contributed by atoms with E-state index in [2.05, 4.69) is 4.98 Å². The summed E-state index contributed by atoms with van der Waals surface area (Å²) in [6, 6.07) is 10.3. The van der Waals surface area contributed by atoms with Gasteiger partial charge in [0.25, 0.3) is 0 Å². The predicted molar refractivity (Wildman–Crippen MR) is 123 cm³/mol. The molecule has 0 N–H and O–H groups in total. The van der Waals surface area contributed by atoms with Gasteiger partial charge in [0.05, 0.1) is 29.8 Å². The number of hydrogen-bond acceptors (Lipinski definition) is 6. The molecule has 0 aliphatic carbocycles. The predicted octanol–water partition coefficient (Wildman–Crippen LogP) is 5.40. The Kier molecular flexibility index (Phi) is 7.72. The van der Waals surface area contributed by atoms with Crippen molar-refractivity contribution in [2.75, 3.05) is 20.8 Å². The van der Waals surface area contributed by atoms with Crippen LogP contribution < -0.4 is 14.2 Å². The Labute approximate surface area is 196 Å². The number of aromatic nitrogens is 1. The van der Waals surface area contributed by atoms with Gasteiger partial charge in [-0.25, -0.2) is 0 Å². The van der Waals surface area contributed by atoms with Crippen molar-refractivity contribution in [3.8, 4) is 17.2 Å². The molecule has 0 unspecified atom stereocenters. The van der Waals surface area contributed by atoms with Gasteiger partial charge >= 0.3 is 0 Å². The molecule has 1 aromatic heterocycles. The van der Waals surface area contributed by atoms with Gasteiger partial charge < -0.3 is 14.2 Å². The van der Waals surface area contributed by atoms with Crippen molar-refractivity contribution < 1.29 is 23.8 Å². The van der Waals surface area contributed by atoms with Crippen molar-refractivity contribution in [3.05, 3.63) is 81.1 Å². The van der Waals surface area contributed by atoms with Gasteiger partial charge in [-0.05, 0) is 19.1 Å². The van der Waals surface area contributed by atoms with Crippen molar-refractivity contribution in [3.63, 3.8) is 0 Å². The van der Waals surface area contributed by atoms with Gasteiger partial charge in [0.1, 0.15) is 0 Å². The van der Waals surface area contributed by atoms with E-state index in [0.717, 1.165) is 5.56 Å². The molecule has 166 valence electrons. The molecule has 3 aromatic rings. The fourth-order valence-corrected chi connectivity index (χ4v) is 3.58. The molecule has 2 aromatic carbocycles. The zero-order chi connectivity index (χ0) is 23.3. The summed E-state index contributed by atoms with van der Waals surface area (Å²) in [4.78, 5) is 29.7. The second kappa shape index (κ2) is 10.5. The number of hydrogen-bond donors (Lipinski definition) is 0. The Morgan fingerprint density at radius 1 is 0.875 bits per heavy atom. The SMILES string of the molecule is COc1ccc(C(=O)Cc2c(Cl)cncc2Cl)c(OCC(=O)c2ccc(C)cc2)c1OC. The van der Waals surface area contributed by atoms with E-state index in [1.165, 1.54) is 26.6 Å². The number of ketones is 2. The number of halogens is 2. The minimum atomic E-state index is -0.321. The lowest BCUT2D eigenvalue weighted by molar-refractivity contribution is 0.0908. The smallest absolute Gasteiger partial charge is 0.204 e. The van der Waals surface area contributed by atoms with E-state index in [1.54, 1.807) is 24.3 Å². The van der Waals surface area contributed by atoms with E-state index >= 15 is 0 Å². The van der Waals surface area contributed by atoms with Crippen LogP contribution in [0.4, 0.5) is 0 Å². The monoisotopic (exact) mass is 473 g/mol. The first-order valence-corrected chi connectivity index (χ1v) is 10.4. The number of aryl methyl sites for hydroxylation is 1. The van der Waals surface area contributed by atoms with Crippen LogP contribution in [0.15, 0.2) is 48.8 Å². The van der Waals surface area contributed by atoms with E-state index in [4.69, 9.17) is 37.4 Å². The number of carbonyl (C=O) groups is 2. The van der Waals surface area contributed by atoms with Crippen LogP contribution in [-0.2, 0) is 6.42 Å². The van der Waals surface area contributed by atoms with Crippen LogP contribution in [0.5, 0.6) is 17.2 Å². The Morgan fingerprint density at radius 3 is 2.12 bits per heavy atom. The van der Waals surface area contributed by atoms with E-state index < -0.39 is 0 Å². The maximum Gasteiger partial charge on any atom is 0.204 e. The van der Waals surface area contributed by atoms with Crippen molar-refractivity contribution in [1.29, 1.82) is 0 Å². The van der Waals surface area contributed by atoms with Crippen LogP contribution >= 0.6 is 23.2 Å². The molecule has 0 aliphatic rings. The standard InChI is InChI=1S/C24H21Cl2NO5/c1-14-4-6-15(7-5-14)21(29)13-32-23-16(8-9-22(30-2)24(23)31-3)20(28)10-17-18(25)11-27-12-19(17)26/h4-9,11-12H,10,13H2,1-3H3. The number of Topliss-reactive ketones (excluding diaryl/α,β-unsaturated/α-hetero) is 2. The number of ether oxygens (including phenoxy) is 3. The molecule has 0 saturated heterocycles. The van der Waals surface area contributed by atoms with Crippen molar-refractivity contribution in [2.24, 2.45) is 0 Å². The van der Waals surface area contributed by atoms with Crippen LogP contribution in [-0.4, -0.2) is 37.4 Å². The summed E-state index contributed by atoms with van der Waals surface area (Å²) in [5.74, 6) is 0.120. The first kappa shape index (κ1) is 23.6. The molecular weight excluding hydrogens is 453 g/mol. The van der Waals surface area contributed by atoms with E-state index in [0.29, 0.717) is 16.9 Å². The van der Waals surface area contributed by atoms with Gasteiger partial charge in [0, 0.05) is 29.9 Å². The van der Waals surface area contributed by atoms with Gasteiger partial charge in [0.15, 0.2) is 29.7 Å². The number of rotatable bonds is 9. The van der Waals surface area contributed by atoms with Crippen LogP contribution in [0.1, 0.15) is 31.8 Å². The summed E-state index contributed by atoms with van der Waals surface area (Å²) < 4.78 is 16.6. The first-order chi connectivity index (χ1) is 15.3. The maximum absolute atomic E-state index is 13.2. The largest absolute Gasteiger partial charge is 0.493 e. The first-order valence-electron chi connectivity index (χ1n) is 9.64. The molecular formula is C24H21Cl2NO5. The Morgan fingerprint density at radius 2 is 1.53 bits per heavy atom. The molecule has 3 rings (SSSR count). The average Bonchev–Trinajstić information content (AvgIpc) is 2.79. The quantitative estimate of drug-likeness (QED) is 0.387. The highest BCUT2D eigenvalue weighted by atomic mass is 35.5. The summed E-state index contributed by atoms with van der Waals surface area (Å²) in [6.45, 7) is 1.65. The molecule has 0 radical (unpaired) electrons. The lowest BCUT2D eigenvalue weighted by Gasteiger charge is -2.17. The Hall–Kier alpha value is -3.09. The van der Waals surface area contributed by atoms with E-state index in [-0.39, 0.29) is 51.7 Å². The number of benzene rings is 2. The molecule has 0 saturated carbocycles. The molecule has 1 heterocycles.